The van der Waals surface area contributed by atoms with Crippen LogP contribution in [0.5, 0.6) is 0 Å². The summed E-state index contributed by atoms with van der Waals surface area (Å²) in [7, 11) is 5.99. The quantitative estimate of drug-likeness (QED) is 0.820. The number of alkyl halides is 3. The van der Waals surface area contributed by atoms with Crippen LogP contribution < -0.4 is 5.73 Å². The van der Waals surface area contributed by atoms with Crippen LogP contribution in [0.1, 0.15) is 12.0 Å². The molecule has 0 spiro atoms. The average molecular weight is 365 g/mol. The van der Waals surface area contributed by atoms with Crippen molar-refractivity contribution in [2.75, 3.05) is 20.6 Å². The van der Waals surface area contributed by atoms with Crippen LogP contribution in [0.25, 0.3) is 0 Å². The third-order valence-corrected chi connectivity index (χ3v) is 3.90. The van der Waals surface area contributed by atoms with Crippen LogP contribution in [0.3, 0.4) is 0 Å². The summed E-state index contributed by atoms with van der Waals surface area (Å²) in [6.07, 6.45) is 0.537. The number of carbonyl (C=O) groups excluding carboxylic acids is 1. The summed E-state index contributed by atoms with van der Waals surface area (Å²) in [6.45, 7) is 0.739. The molecule has 2 heterocycles. The van der Waals surface area contributed by atoms with Crippen molar-refractivity contribution in [3.63, 3.8) is 0 Å². The van der Waals surface area contributed by atoms with Crippen LogP contribution in [0.4, 0.5) is 18.0 Å². The van der Waals surface area contributed by atoms with E-state index < -0.39 is 12.1 Å². The van der Waals surface area contributed by atoms with Crippen molar-refractivity contribution in [3.05, 3.63) is 18.0 Å². The predicted molar refractivity (Wildman–Crippen MR) is 82.8 cm³/mol. The van der Waals surface area contributed by atoms with Gasteiger partial charge in [0.25, 0.3) is 0 Å². The lowest BCUT2D eigenvalue weighted by Crippen LogP contribution is -2.47. The van der Waals surface area contributed by atoms with E-state index in [1.54, 1.807) is 9.58 Å². The Balaban J connectivity index is 0.000000381. The highest BCUT2D eigenvalue weighted by molar-refractivity contribution is 5.73. The Labute approximate surface area is 143 Å². The molecule has 0 aliphatic carbocycles. The Morgan fingerprint density at radius 3 is 2.36 bits per heavy atom. The van der Waals surface area contributed by atoms with E-state index in [4.69, 9.17) is 15.6 Å². The van der Waals surface area contributed by atoms with Crippen LogP contribution in [0, 0.1) is 0 Å². The highest BCUT2D eigenvalue weighted by Crippen LogP contribution is 2.24. The third-order valence-electron chi connectivity index (χ3n) is 3.90. The predicted octanol–water partition coefficient (Wildman–Crippen LogP) is 0.679. The summed E-state index contributed by atoms with van der Waals surface area (Å²) in [4.78, 5) is 24.3. The molecule has 142 valence electrons. The topological polar surface area (TPSA) is 105 Å². The number of carbonyl (C=O) groups is 2. The van der Waals surface area contributed by atoms with Gasteiger partial charge in [0, 0.05) is 25.8 Å². The summed E-state index contributed by atoms with van der Waals surface area (Å²) < 4.78 is 33.5. The van der Waals surface area contributed by atoms with E-state index in [1.807, 2.05) is 33.5 Å². The lowest BCUT2D eigenvalue weighted by Gasteiger charge is -2.30. The van der Waals surface area contributed by atoms with Gasteiger partial charge in [0.05, 0.1) is 12.2 Å². The molecule has 0 aromatic carbocycles. The Hall–Kier alpha value is -2.30. The number of urea groups is 1. The van der Waals surface area contributed by atoms with E-state index in [1.165, 1.54) is 0 Å². The van der Waals surface area contributed by atoms with Crippen molar-refractivity contribution < 1.29 is 27.9 Å². The number of aliphatic carboxylic acids is 1. The molecule has 1 aliphatic rings. The number of primary amides is 1. The number of nitrogens with zero attached hydrogens (tertiary/aromatic N) is 4. The standard InChI is InChI=1S/C12H21N5O.C2HF3O2/c1-15(2)10-4-5-17(12(13)18)11(10)6-9-7-14-16(3)8-9;3-2(4,5)1(6)7/h7-8,10-11H,4-6H2,1-3H3,(H2,13,18);(H,6,7)/t10-,11+;/m1./s1. The number of aryl methyl sites for hydroxylation is 1. The molecule has 3 N–H and O–H groups in total. The van der Waals surface area contributed by atoms with Crippen molar-refractivity contribution in [2.24, 2.45) is 12.8 Å². The van der Waals surface area contributed by atoms with Gasteiger partial charge >= 0.3 is 18.2 Å². The molecular formula is C14H22F3N5O3. The second-order valence-corrected chi connectivity index (χ2v) is 5.95. The minimum atomic E-state index is -5.08. The number of aromatic nitrogens is 2. The SMILES string of the molecule is CN(C)[C@@H]1CCN(C(N)=O)[C@H]1Cc1cnn(C)c1.O=C(O)C(F)(F)F. The monoisotopic (exact) mass is 365 g/mol. The Morgan fingerprint density at radius 1 is 1.44 bits per heavy atom. The van der Waals surface area contributed by atoms with Gasteiger partial charge in [0.2, 0.25) is 0 Å². The van der Waals surface area contributed by atoms with Crippen LogP contribution >= 0.6 is 0 Å². The molecular weight excluding hydrogens is 343 g/mol. The van der Waals surface area contributed by atoms with Gasteiger partial charge in [0.15, 0.2) is 0 Å². The molecule has 1 aromatic heterocycles. The zero-order chi connectivity index (χ0) is 19.4. The highest BCUT2D eigenvalue weighted by atomic mass is 19.4. The van der Waals surface area contributed by atoms with E-state index in [2.05, 4.69) is 10.00 Å². The fourth-order valence-corrected chi connectivity index (χ4v) is 2.78. The smallest absolute Gasteiger partial charge is 0.475 e. The minimum absolute atomic E-state index is 0.140. The lowest BCUT2D eigenvalue weighted by atomic mass is 10.0. The molecule has 11 heteroatoms. The van der Waals surface area contributed by atoms with Gasteiger partial charge in [-0.15, -0.1) is 0 Å². The van der Waals surface area contributed by atoms with Crippen LogP contribution in [-0.4, -0.2) is 75.6 Å². The molecule has 1 aromatic rings. The molecule has 1 saturated heterocycles. The number of likely N-dealkylation sites (tertiary alicyclic amines) is 1. The van der Waals surface area contributed by atoms with Crippen LogP contribution in [0.2, 0.25) is 0 Å². The van der Waals surface area contributed by atoms with Crippen molar-refractivity contribution >= 4 is 12.0 Å². The molecule has 0 unspecified atom stereocenters. The molecule has 25 heavy (non-hydrogen) atoms. The molecule has 0 saturated carbocycles. The number of nitrogens with two attached hydrogens (primary N) is 1. The summed E-state index contributed by atoms with van der Waals surface area (Å²) in [6, 6.07) is 0.174. The number of carboxylic acids is 1. The van der Waals surface area contributed by atoms with E-state index >= 15 is 0 Å². The van der Waals surface area contributed by atoms with Gasteiger partial charge in [-0.2, -0.15) is 18.3 Å². The zero-order valence-corrected chi connectivity index (χ0v) is 14.2. The molecule has 1 fully saturated rings. The third kappa shape index (κ3) is 5.93. The average Bonchev–Trinajstić information content (AvgIpc) is 3.05. The molecule has 0 radical (unpaired) electrons. The van der Waals surface area contributed by atoms with Crippen molar-refractivity contribution in [3.8, 4) is 0 Å². The molecule has 8 nitrogen and oxygen atoms in total. The van der Waals surface area contributed by atoms with Gasteiger partial charge in [-0.25, -0.2) is 9.59 Å². The Morgan fingerprint density at radius 2 is 2.00 bits per heavy atom. The van der Waals surface area contributed by atoms with E-state index in [-0.39, 0.29) is 12.1 Å². The maximum absolute atomic E-state index is 11.5. The molecule has 0 bridgehead atoms. The van der Waals surface area contributed by atoms with Gasteiger partial charge < -0.3 is 20.6 Å². The van der Waals surface area contributed by atoms with Crippen molar-refractivity contribution in [1.82, 2.24) is 19.6 Å². The first-order chi connectivity index (χ1) is 11.4. The van der Waals surface area contributed by atoms with Crippen molar-refractivity contribution in [2.45, 2.75) is 31.1 Å². The molecule has 2 atom stereocenters. The lowest BCUT2D eigenvalue weighted by molar-refractivity contribution is -0.192. The first-order valence-corrected chi connectivity index (χ1v) is 7.43. The zero-order valence-electron chi connectivity index (χ0n) is 14.2. The number of rotatable bonds is 3. The summed E-state index contributed by atoms with van der Waals surface area (Å²) in [5.74, 6) is -2.76. The van der Waals surface area contributed by atoms with E-state index in [0.717, 1.165) is 24.9 Å². The minimum Gasteiger partial charge on any atom is -0.475 e. The first kappa shape index (κ1) is 20.7. The molecule has 1 aliphatic heterocycles. The van der Waals surface area contributed by atoms with Crippen molar-refractivity contribution in [1.29, 1.82) is 0 Å². The molecule has 2 amide bonds. The maximum atomic E-state index is 11.5. The number of carboxylic acid groups (broad SMARTS) is 1. The van der Waals surface area contributed by atoms with E-state index in [9.17, 15) is 18.0 Å². The fourth-order valence-electron chi connectivity index (χ4n) is 2.78. The summed E-state index contributed by atoms with van der Waals surface area (Å²) >= 11 is 0. The van der Waals surface area contributed by atoms with Gasteiger partial charge in [-0.1, -0.05) is 0 Å². The largest absolute Gasteiger partial charge is 0.490 e. The molecule has 2 rings (SSSR count). The van der Waals surface area contributed by atoms with Crippen LogP contribution in [0.15, 0.2) is 12.4 Å². The Bertz CT molecular complexity index is 603. The fraction of sp³-hybridized carbons (Fsp3) is 0.643. The second kappa shape index (κ2) is 8.19. The van der Waals surface area contributed by atoms with Gasteiger partial charge in [-0.05, 0) is 32.5 Å². The Kier molecular flexibility index (Phi) is 6.79. The number of halogens is 3. The van der Waals surface area contributed by atoms with E-state index in [0.29, 0.717) is 6.04 Å². The number of hydrogen-bond acceptors (Lipinski definition) is 4. The van der Waals surface area contributed by atoms with Crippen LogP contribution in [-0.2, 0) is 18.3 Å². The summed E-state index contributed by atoms with van der Waals surface area (Å²) in [5, 5.41) is 11.3. The normalized spacial score (nSPS) is 20.4. The van der Waals surface area contributed by atoms with Gasteiger partial charge in [-0.3, -0.25) is 4.68 Å². The maximum Gasteiger partial charge on any atom is 0.490 e. The first-order valence-electron chi connectivity index (χ1n) is 7.43. The number of hydrogen-bond donors (Lipinski definition) is 2. The second-order valence-electron chi connectivity index (χ2n) is 5.95. The number of amides is 2. The van der Waals surface area contributed by atoms with Gasteiger partial charge in [0.1, 0.15) is 0 Å². The highest BCUT2D eigenvalue weighted by Gasteiger charge is 2.38. The summed E-state index contributed by atoms with van der Waals surface area (Å²) in [5.41, 5.74) is 6.60. The number of likely N-dealkylation sites (N-methyl/N-ethyl adjacent to an activating group) is 1.